The Hall–Kier alpha value is -5.76. The van der Waals surface area contributed by atoms with E-state index < -0.39 is 23.3 Å². The van der Waals surface area contributed by atoms with Gasteiger partial charge in [-0.2, -0.15) is 23.5 Å². The van der Waals surface area contributed by atoms with Crippen molar-refractivity contribution in [2.24, 2.45) is 5.92 Å². The monoisotopic (exact) mass is 798 g/mol. The lowest BCUT2D eigenvalue weighted by atomic mass is 9.92. The maximum atomic E-state index is 13.4. The Morgan fingerprint density at radius 2 is 1.71 bits per heavy atom. The van der Waals surface area contributed by atoms with Gasteiger partial charge in [-0.05, 0) is 99.7 Å². The van der Waals surface area contributed by atoms with Crippen LogP contribution >= 0.6 is 0 Å². The molecule has 14 nitrogen and oxygen atoms in total. The second-order valence-corrected chi connectivity index (χ2v) is 15.7. The molecule has 0 atom stereocenters. The highest BCUT2D eigenvalue weighted by Gasteiger charge is 2.35. The molecule has 8 rings (SSSR count). The lowest BCUT2D eigenvalue weighted by molar-refractivity contribution is -0.138. The van der Waals surface area contributed by atoms with Gasteiger partial charge in [0.25, 0.3) is 5.91 Å². The number of rotatable bonds is 9. The molecule has 0 radical (unpaired) electrons. The smallest absolute Gasteiger partial charge is 0.417 e. The van der Waals surface area contributed by atoms with Crippen LogP contribution < -0.4 is 25.2 Å². The molecule has 1 saturated carbocycles. The maximum Gasteiger partial charge on any atom is 0.417 e. The van der Waals surface area contributed by atoms with E-state index in [1.54, 1.807) is 17.0 Å². The fourth-order valence-electron chi connectivity index (χ4n) is 8.75. The fraction of sp³-hybridized carbons (Fsp3) is 0.488. The number of nitrogens with zero attached hydrogens (tertiary/aromatic N) is 8. The van der Waals surface area contributed by atoms with Gasteiger partial charge in [0, 0.05) is 57.1 Å². The minimum Gasteiger partial charge on any atom is -0.490 e. The van der Waals surface area contributed by atoms with Crippen molar-refractivity contribution >= 4 is 40.3 Å². The minimum atomic E-state index is -4.65. The molecule has 17 heteroatoms. The number of alkyl halides is 3. The Morgan fingerprint density at radius 1 is 0.931 bits per heavy atom. The Bertz CT molecular complexity index is 2180. The van der Waals surface area contributed by atoms with Gasteiger partial charge in [-0.15, -0.1) is 10.2 Å². The number of hydrogen-bond acceptors (Lipinski definition) is 10. The van der Waals surface area contributed by atoms with E-state index in [-0.39, 0.29) is 47.9 Å². The van der Waals surface area contributed by atoms with Crippen LogP contribution in [0.3, 0.4) is 0 Å². The summed E-state index contributed by atoms with van der Waals surface area (Å²) in [5.41, 5.74) is 0.533. The number of amides is 4. The number of carbonyl (C=O) groups excluding carboxylic acids is 3. The van der Waals surface area contributed by atoms with E-state index in [4.69, 9.17) is 15.1 Å². The molecular formula is C41H45F3N10O4. The summed E-state index contributed by atoms with van der Waals surface area (Å²) < 4.78 is 48.0. The van der Waals surface area contributed by atoms with Gasteiger partial charge >= 0.3 is 12.2 Å². The average molecular weight is 799 g/mol. The van der Waals surface area contributed by atoms with Crippen molar-refractivity contribution in [3.63, 3.8) is 0 Å². The molecule has 58 heavy (non-hydrogen) atoms. The number of nitrogens with one attached hydrogen (secondary N) is 2. The number of imide groups is 1. The molecule has 3 aliphatic heterocycles. The lowest BCUT2D eigenvalue weighted by Crippen LogP contribution is -2.49. The van der Waals surface area contributed by atoms with Gasteiger partial charge in [0.15, 0.2) is 11.5 Å². The third-order valence-corrected chi connectivity index (χ3v) is 11.9. The van der Waals surface area contributed by atoms with Crippen LogP contribution in [-0.2, 0) is 11.0 Å². The number of benzene rings is 2. The zero-order valence-corrected chi connectivity index (χ0v) is 32.0. The molecular weight excluding hydrogens is 754 g/mol. The molecule has 4 amide bonds. The summed E-state index contributed by atoms with van der Waals surface area (Å²) in [4.78, 5) is 43.6. The van der Waals surface area contributed by atoms with Crippen molar-refractivity contribution in [3.05, 3.63) is 71.5 Å². The number of urea groups is 1. The predicted octanol–water partition coefficient (Wildman–Crippen LogP) is 5.84. The van der Waals surface area contributed by atoms with Gasteiger partial charge in [-0.1, -0.05) is 6.07 Å². The number of fused-ring (bicyclic) bond motifs is 1. The van der Waals surface area contributed by atoms with E-state index in [0.29, 0.717) is 38.1 Å². The lowest BCUT2D eigenvalue weighted by Gasteiger charge is -2.38. The second kappa shape index (κ2) is 16.6. The second-order valence-electron chi connectivity index (χ2n) is 15.7. The SMILES string of the molecule is N#Cc1ccc(OC2CCC(NC(=O)c3ccc(N4CCC(CN5CCC(n6ncc7c(N8CCC(=O)NC8=O)cccc76)CC5)CC4)nn3)CC2)cc1C(F)(F)F. The van der Waals surface area contributed by atoms with Gasteiger partial charge in [0.2, 0.25) is 5.91 Å². The van der Waals surface area contributed by atoms with E-state index in [0.717, 1.165) is 92.9 Å². The van der Waals surface area contributed by atoms with E-state index in [9.17, 15) is 27.6 Å². The Morgan fingerprint density at radius 3 is 2.40 bits per heavy atom. The molecule has 2 aromatic heterocycles. The Kier molecular flexibility index (Phi) is 11.2. The molecule has 4 aliphatic rings. The number of likely N-dealkylation sites (tertiary alicyclic amines) is 1. The molecule has 2 N–H and O–H groups in total. The highest BCUT2D eigenvalue weighted by molar-refractivity contribution is 6.09. The molecule has 5 heterocycles. The van der Waals surface area contributed by atoms with Crippen molar-refractivity contribution in [1.82, 2.24) is 35.5 Å². The summed E-state index contributed by atoms with van der Waals surface area (Å²) in [6, 6.07) is 14.1. The van der Waals surface area contributed by atoms with Gasteiger partial charge in [-0.3, -0.25) is 24.5 Å². The van der Waals surface area contributed by atoms with Crippen LogP contribution in [0.25, 0.3) is 10.9 Å². The van der Waals surface area contributed by atoms with Crippen LogP contribution in [0, 0.1) is 17.2 Å². The first kappa shape index (κ1) is 39.1. The molecule has 3 saturated heterocycles. The number of piperidine rings is 2. The summed E-state index contributed by atoms with van der Waals surface area (Å²) in [5.74, 6) is 0.816. The quantitative estimate of drug-likeness (QED) is 0.211. The van der Waals surface area contributed by atoms with Crippen molar-refractivity contribution < 1.29 is 32.3 Å². The zero-order chi connectivity index (χ0) is 40.4. The molecule has 1 aliphatic carbocycles. The highest BCUT2D eigenvalue weighted by Crippen LogP contribution is 2.36. The molecule has 0 spiro atoms. The number of halogens is 3. The van der Waals surface area contributed by atoms with Gasteiger partial charge < -0.3 is 19.9 Å². The summed E-state index contributed by atoms with van der Waals surface area (Å²) in [5, 5.41) is 28.7. The Balaban J connectivity index is 0.759. The van der Waals surface area contributed by atoms with Crippen LogP contribution in [-0.4, -0.2) is 94.1 Å². The molecule has 0 unspecified atom stereocenters. The zero-order valence-electron chi connectivity index (χ0n) is 32.0. The van der Waals surface area contributed by atoms with E-state index in [2.05, 4.69) is 35.3 Å². The summed E-state index contributed by atoms with van der Waals surface area (Å²) in [6.07, 6.45) is 3.52. The largest absolute Gasteiger partial charge is 0.490 e. The first-order valence-corrected chi connectivity index (χ1v) is 20.0. The van der Waals surface area contributed by atoms with Gasteiger partial charge in [0.1, 0.15) is 5.75 Å². The molecule has 0 bridgehead atoms. The van der Waals surface area contributed by atoms with E-state index >= 15 is 0 Å². The number of aromatic nitrogens is 4. The van der Waals surface area contributed by atoms with E-state index in [1.807, 2.05) is 30.5 Å². The first-order valence-electron chi connectivity index (χ1n) is 20.0. The third kappa shape index (κ3) is 8.57. The van der Waals surface area contributed by atoms with Crippen molar-refractivity contribution in [2.45, 2.75) is 82.2 Å². The Labute approximate surface area is 333 Å². The number of hydrogen-bond donors (Lipinski definition) is 2. The first-order chi connectivity index (χ1) is 28.0. The van der Waals surface area contributed by atoms with Crippen LogP contribution in [0.15, 0.2) is 54.7 Å². The summed E-state index contributed by atoms with van der Waals surface area (Å²) in [6.45, 7) is 5.08. The van der Waals surface area contributed by atoms with Crippen LogP contribution in [0.4, 0.5) is 29.5 Å². The maximum absolute atomic E-state index is 13.4. The summed E-state index contributed by atoms with van der Waals surface area (Å²) >= 11 is 0. The highest BCUT2D eigenvalue weighted by atomic mass is 19.4. The minimum absolute atomic E-state index is 0.0695. The van der Waals surface area contributed by atoms with Gasteiger partial charge in [0.05, 0.1) is 46.7 Å². The summed E-state index contributed by atoms with van der Waals surface area (Å²) in [7, 11) is 0. The van der Waals surface area contributed by atoms with Crippen molar-refractivity contribution in [3.8, 4) is 11.8 Å². The fourth-order valence-corrected chi connectivity index (χ4v) is 8.75. The number of ether oxygens (including phenoxy) is 1. The number of nitriles is 1. The number of anilines is 2. The van der Waals surface area contributed by atoms with Crippen LogP contribution in [0.2, 0.25) is 0 Å². The average Bonchev–Trinajstić information content (AvgIpc) is 3.67. The predicted molar refractivity (Wildman–Crippen MR) is 207 cm³/mol. The van der Waals surface area contributed by atoms with Crippen molar-refractivity contribution in [2.75, 3.05) is 49.1 Å². The molecule has 4 fully saturated rings. The normalized spacial score (nSPS) is 21.5. The molecule has 2 aromatic carbocycles. The van der Waals surface area contributed by atoms with Gasteiger partial charge in [-0.25, -0.2) is 4.79 Å². The standard InChI is InChI=1S/C41H45F3N10O4/c42-41(43,44)33-22-31(7-4-27(33)23-45)58-30-8-5-28(6-9-30)47-39(56)34-10-11-37(50-49-34)52-19-12-26(13-20-52)25-51-17-14-29(15-18-51)54-36-3-1-2-35(32(36)24-46-54)53-21-16-38(55)48-40(53)57/h1-4,7,10-11,22,24,26,28-30H,5-6,8-9,12-21,25H2,(H,47,56)(H,48,55,57). The third-order valence-electron chi connectivity index (χ3n) is 11.9. The topological polar surface area (TPSA) is 162 Å². The van der Waals surface area contributed by atoms with Crippen molar-refractivity contribution in [1.29, 1.82) is 5.26 Å². The van der Waals surface area contributed by atoms with Crippen LogP contribution in [0.5, 0.6) is 5.75 Å². The van der Waals surface area contributed by atoms with E-state index in [1.165, 1.54) is 6.07 Å². The molecule has 304 valence electrons. The van der Waals surface area contributed by atoms with Crippen LogP contribution in [0.1, 0.15) is 85.4 Å². The number of carbonyl (C=O) groups is 3. The molecule has 4 aromatic rings.